The predicted octanol–water partition coefficient (Wildman–Crippen LogP) is 2.87. The van der Waals surface area contributed by atoms with Crippen LogP contribution in [0, 0.1) is 19.8 Å². The van der Waals surface area contributed by atoms with Crippen molar-refractivity contribution >= 4 is 39.1 Å². The molecule has 0 spiro atoms. The third-order valence-electron chi connectivity index (χ3n) is 5.24. The summed E-state index contributed by atoms with van der Waals surface area (Å²) in [7, 11) is -3.84. The Labute approximate surface area is 170 Å². The predicted molar refractivity (Wildman–Crippen MR) is 105 cm³/mol. The Balaban J connectivity index is 1.86. The summed E-state index contributed by atoms with van der Waals surface area (Å²) in [5, 5.41) is 0.562. The van der Waals surface area contributed by atoms with Crippen LogP contribution < -0.4 is 0 Å². The van der Waals surface area contributed by atoms with Gasteiger partial charge in [0.2, 0.25) is 15.9 Å². The van der Waals surface area contributed by atoms with Crippen molar-refractivity contribution in [1.29, 1.82) is 0 Å². The van der Waals surface area contributed by atoms with Crippen molar-refractivity contribution in [2.45, 2.75) is 31.6 Å². The highest BCUT2D eigenvalue weighted by molar-refractivity contribution is 7.89. The van der Waals surface area contributed by atoms with Crippen LogP contribution >= 0.6 is 23.2 Å². The number of amides is 1. The van der Waals surface area contributed by atoms with E-state index in [0.717, 1.165) is 0 Å². The fourth-order valence-corrected chi connectivity index (χ4v) is 6.35. The fourth-order valence-electron chi connectivity index (χ4n) is 3.65. The molecule has 1 unspecified atom stereocenters. The van der Waals surface area contributed by atoms with E-state index in [-0.39, 0.29) is 28.3 Å². The van der Waals surface area contributed by atoms with E-state index in [9.17, 15) is 13.2 Å². The molecule has 9 heteroatoms. The first kappa shape index (κ1) is 20.9. The lowest BCUT2D eigenvalue weighted by molar-refractivity contribution is -0.140. The molecule has 0 aromatic heterocycles. The molecular formula is C18H24Cl2N2O4S. The second-order valence-corrected chi connectivity index (χ2v) is 9.74. The Bertz CT molecular complexity index is 812. The van der Waals surface area contributed by atoms with Gasteiger partial charge in [-0.15, -0.1) is 0 Å². The minimum atomic E-state index is -3.84. The van der Waals surface area contributed by atoms with Gasteiger partial charge in [0.1, 0.15) is 4.90 Å². The number of carbonyl (C=O) groups excluding carboxylic acids is 1. The molecule has 2 aliphatic rings. The van der Waals surface area contributed by atoms with E-state index in [2.05, 4.69) is 0 Å². The van der Waals surface area contributed by atoms with Crippen LogP contribution in [-0.4, -0.2) is 62.9 Å². The maximum absolute atomic E-state index is 13.3. The van der Waals surface area contributed by atoms with E-state index in [1.54, 1.807) is 24.8 Å². The van der Waals surface area contributed by atoms with Crippen LogP contribution in [0.2, 0.25) is 10.0 Å². The van der Waals surface area contributed by atoms with Gasteiger partial charge in [0.15, 0.2) is 0 Å². The zero-order chi connectivity index (χ0) is 19.8. The van der Waals surface area contributed by atoms with E-state index in [4.69, 9.17) is 27.9 Å². The molecule has 2 saturated heterocycles. The molecule has 6 nitrogen and oxygen atoms in total. The van der Waals surface area contributed by atoms with Crippen LogP contribution in [0.1, 0.15) is 24.0 Å². The lowest BCUT2D eigenvalue weighted by atomic mass is 9.98. The first-order valence-corrected chi connectivity index (χ1v) is 11.2. The summed E-state index contributed by atoms with van der Waals surface area (Å²) in [6.07, 6.45) is 1.32. The summed E-state index contributed by atoms with van der Waals surface area (Å²) >= 11 is 12.5. The van der Waals surface area contributed by atoms with Crippen LogP contribution in [0.25, 0.3) is 0 Å². The number of carbonyl (C=O) groups is 1. The highest BCUT2D eigenvalue weighted by Gasteiger charge is 2.37. The molecule has 2 fully saturated rings. The van der Waals surface area contributed by atoms with Crippen molar-refractivity contribution < 1.29 is 17.9 Å². The molecule has 2 heterocycles. The monoisotopic (exact) mass is 434 g/mol. The van der Waals surface area contributed by atoms with Gasteiger partial charge in [-0.05, 0) is 43.9 Å². The van der Waals surface area contributed by atoms with E-state index >= 15 is 0 Å². The van der Waals surface area contributed by atoms with Crippen LogP contribution in [0.4, 0.5) is 0 Å². The number of aryl methyl sites for hydroxylation is 1. The van der Waals surface area contributed by atoms with Gasteiger partial charge in [0, 0.05) is 31.2 Å². The molecule has 0 radical (unpaired) electrons. The van der Waals surface area contributed by atoms with Crippen LogP contribution in [0.5, 0.6) is 0 Å². The number of morpholine rings is 1. The molecule has 0 aliphatic carbocycles. The van der Waals surface area contributed by atoms with E-state index in [0.29, 0.717) is 61.8 Å². The van der Waals surface area contributed by atoms with Gasteiger partial charge in [-0.1, -0.05) is 23.2 Å². The van der Waals surface area contributed by atoms with Gasteiger partial charge in [0.05, 0.1) is 24.2 Å². The third-order valence-corrected chi connectivity index (χ3v) is 8.27. The molecule has 150 valence electrons. The smallest absolute Gasteiger partial charge is 0.244 e. The first-order valence-electron chi connectivity index (χ1n) is 9.05. The van der Waals surface area contributed by atoms with Crippen molar-refractivity contribution in [2.24, 2.45) is 5.92 Å². The SMILES string of the molecule is Cc1cc(Cl)c(C)c(S(=O)(=O)N2CCCC(C(=O)N3CCOCC3)C2)c1Cl. The average molecular weight is 435 g/mol. The summed E-state index contributed by atoms with van der Waals surface area (Å²) in [6.45, 7) is 6.08. The second kappa shape index (κ2) is 8.25. The van der Waals surface area contributed by atoms with Crippen molar-refractivity contribution in [3.63, 3.8) is 0 Å². The maximum Gasteiger partial charge on any atom is 0.244 e. The molecular weight excluding hydrogens is 411 g/mol. The van der Waals surface area contributed by atoms with Crippen molar-refractivity contribution in [3.05, 3.63) is 27.2 Å². The number of benzene rings is 1. The van der Waals surface area contributed by atoms with Gasteiger partial charge < -0.3 is 9.64 Å². The summed E-state index contributed by atoms with van der Waals surface area (Å²) < 4.78 is 33.3. The molecule has 27 heavy (non-hydrogen) atoms. The molecule has 1 atom stereocenters. The molecule has 0 N–H and O–H groups in total. The fraction of sp³-hybridized carbons (Fsp3) is 0.611. The van der Waals surface area contributed by atoms with Gasteiger partial charge in [-0.2, -0.15) is 4.31 Å². The molecule has 3 rings (SSSR count). The number of sulfonamides is 1. The second-order valence-electron chi connectivity index (χ2n) is 7.08. The van der Waals surface area contributed by atoms with Gasteiger partial charge >= 0.3 is 0 Å². The third kappa shape index (κ3) is 4.12. The number of nitrogens with zero attached hydrogens (tertiary/aromatic N) is 2. The summed E-state index contributed by atoms with van der Waals surface area (Å²) in [4.78, 5) is 14.6. The Hall–Kier alpha value is -0.860. The quantitative estimate of drug-likeness (QED) is 0.733. The van der Waals surface area contributed by atoms with Crippen molar-refractivity contribution in [1.82, 2.24) is 9.21 Å². The summed E-state index contributed by atoms with van der Waals surface area (Å²) in [5.74, 6) is -0.339. The minimum absolute atomic E-state index is 0.00305. The Morgan fingerprint density at radius 1 is 1.19 bits per heavy atom. The molecule has 0 saturated carbocycles. The van der Waals surface area contributed by atoms with Crippen molar-refractivity contribution in [3.8, 4) is 0 Å². The number of halogens is 2. The zero-order valence-corrected chi connectivity index (χ0v) is 17.8. The zero-order valence-electron chi connectivity index (χ0n) is 15.5. The van der Waals surface area contributed by atoms with Gasteiger partial charge in [-0.3, -0.25) is 4.79 Å². The van der Waals surface area contributed by atoms with Gasteiger partial charge in [0.25, 0.3) is 0 Å². The maximum atomic E-state index is 13.3. The Kier molecular flexibility index (Phi) is 6.37. The van der Waals surface area contributed by atoms with Crippen LogP contribution in [0.3, 0.4) is 0 Å². The number of piperidine rings is 1. The summed E-state index contributed by atoms with van der Waals surface area (Å²) in [5.41, 5.74) is 1.05. The van der Waals surface area contributed by atoms with Crippen LogP contribution in [0.15, 0.2) is 11.0 Å². The average Bonchev–Trinajstić information content (AvgIpc) is 2.66. The Morgan fingerprint density at radius 3 is 2.52 bits per heavy atom. The molecule has 1 aromatic carbocycles. The number of rotatable bonds is 3. The number of hydrogen-bond donors (Lipinski definition) is 0. The van der Waals surface area contributed by atoms with E-state index < -0.39 is 10.0 Å². The lowest BCUT2D eigenvalue weighted by Gasteiger charge is -2.36. The normalized spacial score (nSPS) is 22.1. The topological polar surface area (TPSA) is 66.9 Å². The number of hydrogen-bond acceptors (Lipinski definition) is 4. The first-order chi connectivity index (χ1) is 12.7. The van der Waals surface area contributed by atoms with Crippen LogP contribution in [-0.2, 0) is 19.6 Å². The summed E-state index contributed by atoms with van der Waals surface area (Å²) in [6, 6.07) is 1.67. The van der Waals surface area contributed by atoms with E-state index in [1.807, 2.05) is 0 Å². The lowest BCUT2D eigenvalue weighted by Crippen LogP contribution is -2.49. The van der Waals surface area contributed by atoms with Gasteiger partial charge in [-0.25, -0.2) is 8.42 Å². The molecule has 1 aromatic rings. The highest BCUT2D eigenvalue weighted by atomic mass is 35.5. The molecule has 0 bridgehead atoms. The van der Waals surface area contributed by atoms with Crippen molar-refractivity contribution in [2.75, 3.05) is 39.4 Å². The Morgan fingerprint density at radius 2 is 1.85 bits per heavy atom. The molecule has 2 aliphatic heterocycles. The highest BCUT2D eigenvalue weighted by Crippen LogP contribution is 2.36. The minimum Gasteiger partial charge on any atom is -0.378 e. The number of ether oxygens (including phenoxy) is 1. The molecule has 1 amide bonds. The van der Waals surface area contributed by atoms with E-state index in [1.165, 1.54) is 4.31 Å². The largest absolute Gasteiger partial charge is 0.378 e. The standard InChI is InChI=1S/C18H24Cl2N2O4S/c1-12-10-15(19)13(2)17(16(12)20)27(24,25)22-5-3-4-14(11-22)18(23)21-6-8-26-9-7-21/h10,14H,3-9,11H2,1-2H3.